The summed E-state index contributed by atoms with van der Waals surface area (Å²) in [7, 11) is 2.90. The Bertz CT molecular complexity index is 1930. The van der Waals surface area contributed by atoms with Crippen LogP contribution in [0.5, 0.6) is 11.5 Å². The number of benzene rings is 3. The predicted molar refractivity (Wildman–Crippen MR) is 171 cm³/mol. The van der Waals surface area contributed by atoms with Crippen LogP contribution in [0.25, 0.3) is 10.9 Å². The van der Waals surface area contributed by atoms with Crippen molar-refractivity contribution in [2.45, 2.75) is 30.9 Å². The third-order valence-corrected chi connectivity index (χ3v) is 9.77. The number of aromatic nitrogens is 1. The molecule has 44 heavy (non-hydrogen) atoms. The lowest BCUT2D eigenvalue weighted by molar-refractivity contribution is 0.0838. The number of likely N-dealkylation sites (N-methyl/N-ethyl adjacent to an activating group) is 1. The van der Waals surface area contributed by atoms with Gasteiger partial charge in [0.2, 0.25) is 10.0 Å². The standard InChI is InChI=1S/C32H35N5O6S/c1-20-14-24-26(36(3)32(20)38)15-23(42-5)16-27(24)37-13-12-35(2)28-17-25(30-10-11-33-43-30)31(18-29(28)37)44(39,40)34-19-21-6-8-22(41-4)9-7-21/h6-9,11,14-18,30,34H,10,12-13,19H2,1-5H3. The zero-order chi connectivity index (χ0) is 31.2. The van der Waals surface area contributed by atoms with Gasteiger partial charge in [-0.25, -0.2) is 13.1 Å². The smallest absolute Gasteiger partial charge is 0.253 e. The third kappa shape index (κ3) is 5.24. The second kappa shape index (κ2) is 11.5. The molecule has 0 radical (unpaired) electrons. The van der Waals surface area contributed by atoms with Crippen molar-refractivity contribution in [2.75, 3.05) is 44.2 Å². The number of ether oxygens (including phenoxy) is 2. The van der Waals surface area contributed by atoms with Crippen LogP contribution < -0.4 is 29.6 Å². The van der Waals surface area contributed by atoms with Gasteiger partial charge >= 0.3 is 0 Å². The molecule has 12 heteroatoms. The molecule has 1 N–H and O–H groups in total. The molecule has 0 saturated heterocycles. The second-order valence-electron chi connectivity index (χ2n) is 11.0. The zero-order valence-electron chi connectivity index (χ0n) is 25.3. The molecule has 4 aromatic rings. The van der Waals surface area contributed by atoms with E-state index in [1.54, 1.807) is 57.2 Å². The van der Waals surface area contributed by atoms with Crippen molar-refractivity contribution in [1.29, 1.82) is 0 Å². The Morgan fingerprint density at radius 3 is 2.39 bits per heavy atom. The van der Waals surface area contributed by atoms with Gasteiger partial charge in [0.25, 0.3) is 5.56 Å². The monoisotopic (exact) mass is 617 g/mol. The van der Waals surface area contributed by atoms with Crippen molar-refractivity contribution in [3.8, 4) is 11.5 Å². The Balaban J connectivity index is 1.50. The Labute approximate surface area is 256 Å². The van der Waals surface area contributed by atoms with Gasteiger partial charge in [0.05, 0.1) is 41.7 Å². The van der Waals surface area contributed by atoms with E-state index in [-0.39, 0.29) is 17.0 Å². The molecular weight excluding hydrogens is 582 g/mol. The summed E-state index contributed by atoms with van der Waals surface area (Å²) < 4.78 is 43.3. The molecule has 3 heterocycles. The van der Waals surface area contributed by atoms with Crippen LogP contribution in [-0.2, 0) is 28.5 Å². The van der Waals surface area contributed by atoms with Crippen LogP contribution in [0.15, 0.2) is 69.4 Å². The molecule has 1 aromatic heterocycles. The van der Waals surface area contributed by atoms with Crippen molar-refractivity contribution >= 4 is 44.2 Å². The number of pyridine rings is 1. The molecule has 0 saturated carbocycles. The fourth-order valence-corrected chi connectivity index (χ4v) is 7.10. The molecule has 3 aromatic carbocycles. The maximum atomic E-state index is 14.0. The zero-order valence-corrected chi connectivity index (χ0v) is 26.1. The minimum Gasteiger partial charge on any atom is -0.497 e. The van der Waals surface area contributed by atoms with Crippen molar-refractivity contribution in [3.63, 3.8) is 0 Å². The first kappa shape index (κ1) is 29.5. The first-order chi connectivity index (χ1) is 21.1. The van der Waals surface area contributed by atoms with Crippen molar-refractivity contribution in [3.05, 3.63) is 81.6 Å². The predicted octanol–water partition coefficient (Wildman–Crippen LogP) is 4.38. The van der Waals surface area contributed by atoms with E-state index < -0.39 is 16.1 Å². The molecule has 6 rings (SSSR count). The number of anilines is 3. The number of methoxy groups -OCH3 is 2. The highest BCUT2D eigenvalue weighted by Gasteiger charge is 2.33. The normalized spacial score (nSPS) is 16.2. The van der Waals surface area contributed by atoms with E-state index in [0.29, 0.717) is 47.8 Å². The van der Waals surface area contributed by atoms with Gasteiger partial charge in [-0.3, -0.25) is 4.79 Å². The number of aryl methyl sites for hydroxylation is 2. The van der Waals surface area contributed by atoms with E-state index in [2.05, 4.69) is 19.7 Å². The summed E-state index contributed by atoms with van der Waals surface area (Å²) in [6.07, 6.45) is 1.57. The quantitative estimate of drug-likeness (QED) is 0.310. The van der Waals surface area contributed by atoms with Crippen molar-refractivity contribution in [1.82, 2.24) is 9.29 Å². The van der Waals surface area contributed by atoms with E-state index in [1.165, 1.54) is 0 Å². The summed E-state index contributed by atoms with van der Waals surface area (Å²) in [5.74, 6) is 1.28. The molecule has 2 aliphatic rings. The molecule has 0 fully saturated rings. The molecule has 1 atom stereocenters. The number of oxime groups is 1. The van der Waals surface area contributed by atoms with Crippen LogP contribution in [0.1, 0.15) is 29.2 Å². The number of hydrogen-bond acceptors (Lipinski definition) is 9. The van der Waals surface area contributed by atoms with E-state index in [1.807, 2.05) is 43.4 Å². The first-order valence-corrected chi connectivity index (χ1v) is 15.7. The van der Waals surface area contributed by atoms with E-state index in [9.17, 15) is 13.2 Å². The van der Waals surface area contributed by atoms with Crippen molar-refractivity contribution < 1.29 is 22.7 Å². The van der Waals surface area contributed by atoms with Gasteiger partial charge in [-0.2, -0.15) is 0 Å². The summed E-state index contributed by atoms with van der Waals surface area (Å²) in [5, 5.41) is 4.79. The van der Waals surface area contributed by atoms with Crippen LogP contribution in [0.4, 0.5) is 17.1 Å². The minimum atomic E-state index is -4.01. The maximum Gasteiger partial charge on any atom is 0.253 e. The Morgan fingerprint density at radius 1 is 0.955 bits per heavy atom. The maximum absolute atomic E-state index is 14.0. The summed E-state index contributed by atoms with van der Waals surface area (Å²) in [4.78, 5) is 22.8. The Kier molecular flexibility index (Phi) is 7.72. The molecule has 0 spiro atoms. The van der Waals surface area contributed by atoms with Crippen molar-refractivity contribution in [2.24, 2.45) is 12.2 Å². The van der Waals surface area contributed by atoms with Crippen LogP contribution >= 0.6 is 0 Å². The summed E-state index contributed by atoms with van der Waals surface area (Å²) in [5.41, 5.74) is 4.95. The average Bonchev–Trinajstić information content (AvgIpc) is 3.58. The molecule has 1 unspecified atom stereocenters. The van der Waals surface area contributed by atoms with Gasteiger partial charge < -0.3 is 28.7 Å². The molecule has 11 nitrogen and oxygen atoms in total. The number of rotatable bonds is 8. The Hall–Kier alpha value is -4.55. The molecular formula is C32H35N5O6S. The molecule has 0 bridgehead atoms. The van der Waals surface area contributed by atoms with E-state index in [0.717, 1.165) is 27.8 Å². The highest BCUT2D eigenvalue weighted by Crippen LogP contribution is 2.45. The van der Waals surface area contributed by atoms with Crippen LogP contribution in [0, 0.1) is 6.92 Å². The van der Waals surface area contributed by atoms with Gasteiger partial charge in [0.1, 0.15) is 11.5 Å². The number of sulfonamides is 1. The third-order valence-electron chi connectivity index (χ3n) is 8.31. The lowest BCUT2D eigenvalue weighted by Crippen LogP contribution is -2.37. The molecule has 0 amide bonds. The first-order valence-electron chi connectivity index (χ1n) is 14.3. The lowest BCUT2D eigenvalue weighted by atomic mass is 10.0. The van der Waals surface area contributed by atoms with E-state index in [4.69, 9.17) is 14.3 Å². The minimum absolute atomic E-state index is 0.0878. The number of hydrogen-bond donors (Lipinski definition) is 1. The lowest BCUT2D eigenvalue weighted by Gasteiger charge is -2.38. The molecule has 0 aliphatic carbocycles. The number of fused-ring (bicyclic) bond motifs is 2. The molecule has 2 aliphatic heterocycles. The van der Waals surface area contributed by atoms with E-state index >= 15 is 0 Å². The van der Waals surface area contributed by atoms with Gasteiger partial charge in [-0.1, -0.05) is 17.3 Å². The van der Waals surface area contributed by atoms with Gasteiger partial charge in [0, 0.05) is 75.0 Å². The summed E-state index contributed by atoms with van der Waals surface area (Å²) >= 11 is 0. The van der Waals surface area contributed by atoms with Gasteiger partial charge in [0.15, 0.2) is 6.10 Å². The Morgan fingerprint density at radius 2 is 1.70 bits per heavy atom. The van der Waals surface area contributed by atoms with Crippen LogP contribution in [0.2, 0.25) is 0 Å². The second-order valence-corrected chi connectivity index (χ2v) is 12.7. The summed E-state index contributed by atoms with van der Waals surface area (Å²) in [6, 6.07) is 16.5. The number of nitrogens with one attached hydrogen (secondary N) is 1. The van der Waals surface area contributed by atoms with Gasteiger partial charge in [-0.15, -0.1) is 0 Å². The van der Waals surface area contributed by atoms with Gasteiger partial charge in [-0.05, 0) is 42.8 Å². The fourth-order valence-electron chi connectivity index (χ4n) is 5.82. The topological polar surface area (TPSA) is 115 Å². The fraction of sp³-hybridized carbons (Fsp3) is 0.312. The average molecular weight is 618 g/mol. The summed E-state index contributed by atoms with van der Waals surface area (Å²) in [6.45, 7) is 3.15. The van der Waals surface area contributed by atoms with Crippen LogP contribution in [0.3, 0.4) is 0 Å². The highest BCUT2D eigenvalue weighted by molar-refractivity contribution is 7.89. The SMILES string of the molecule is COc1ccc(CNS(=O)(=O)c2cc3c(cc2C2CC=NO2)N(C)CCN3c2cc(OC)cc3c2cc(C)c(=O)n3C)cc1. The number of nitrogens with zero attached hydrogens (tertiary/aromatic N) is 4. The largest absolute Gasteiger partial charge is 0.497 e. The van der Waals surface area contributed by atoms with Crippen LogP contribution in [-0.4, -0.2) is 53.6 Å². The molecule has 230 valence electrons. The highest BCUT2D eigenvalue weighted by atomic mass is 32.2.